The second-order valence-electron chi connectivity index (χ2n) is 3.06. The molecule has 0 saturated carbocycles. The molecule has 0 N–H and O–H groups in total. The summed E-state index contributed by atoms with van der Waals surface area (Å²) in [7, 11) is 0. The minimum Gasteiger partial charge on any atom is -0.618 e. The summed E-state index contributed by atoms with van der Waals surface area (Å²) in [5.74, 6) is -0.528. The van der Waals surface area contributed by atoms with Crippen molar-refractivity contribution in [3.05, 3.63) is 34.3 Å². The Morgan fingerprint density at radius 2 is 2.33 bits per heavy atom. The Kier molecular flexibility index (Phi) is 3.91. The van der Waals surface area contributed by atoms with Crippen LogP contribution in [0.2, 0.25) is 0 Å². The number of carbonyl (C=O) groups excluding carboxylic acids is 1. The SMILES string of the molecule is CCOC(=O)c1cc(C)c[n+]([O-])c1CCl. The maximum absolute atomic E-state index is 11.5. The zero-order valence-electron chi connectivity index (χ0n) is 8.62. The number of esters is 1. The summed E-state index contributed by atoms with van der Waals surface area (Å²) < 4.78 is 5.44. The molecule has 0 aliphatic carbocycles. The highest BCUT2D eigenvalue weighted by Crippen LogP contribution is 2.11. The minimum absolute atomic E-state index is 0.0159. The molecule has 1 heterocycles. The maximum Gasteiger partial charge on any atom is 0.344 e. The number of alkyl halides is 1. The van der Waals surface area contributed by atoms with Gasteiger partial charge in [-0.15, -0.1) is 11.6 Å². The number of hydrogen-bond acceptors (Lipinski definition) is 3. The van der Waals surface area contributed by atoms with Crippen molar-refractivity contribution in [3.63, 3.8) is 0 Å². The molecule has 4 nitrogen and oxygen atoms in total. The van der Waals surface area contributed by atoms with Crippen molar-refractivity contribution in [1.29, 1.82) is 0 Å². The highest BCUT2D eigenvalue weighted by Gasteiger charge is 2.20. The van der Waals surface area contributed by atoms with E-state index in [1.54, 1.807) is 19.9 Å². The lowest BCUT2D eigenvalue weighted by Crippen LogP contribution is -2.34. The predicted molar refractivity (Wildman–Crippen MR) is 55.7 cm³/mol. The molecule has 0 aromatic carbocycles. The zero-order valence-corrected chi connectivity index (χ0v) is 9.37. The molecule has 82 valence electrons. The van der Waals surface area contributed by atoms with E-state index < -0.39 is 5.97 Å². The van der Waals surface area contributed by atoms with Gasteiger partial charge in [0.1, 0.15) is 11.4 Å². The Hall–Kier alpha value is -1.29. The first kappa shape index (κ1) is 11.8. The molecule has 0 aliphatic heterocycles. The number of pyridine rings is 1. The molecule has 0 atom stereocenters. The van der Waals surface area contributed by atoms with Crippen LogP contribution < -0.4 is 4.73 Å². The van der Waals surface area contributed by atoms with Crippen molar-refractivity contribution in [2.24, 2.45) is 0 Å². The van der Waals surface area contributed by atoms with Gasteiger partial charge in [-0.25, -0.2) is 4.79 Å². The van der Waals surface area contributed by atoms with E-state index in [0.29, 0.717) is 10.3 Å². The molecule has 5 heteroatoms. The Labute approximate surface area is 93.0 Å². The molecule has 0 aliphatic rings. The third-order valence-electron chi connectivity index (χ3n) is 1.89. The van der Waals surface area contributed by atoms with Gasteiger partial charge >= 0.3 is 5.97 Å². The predicted octanol–water partition coefficient (Wildman–Crippen LogP) is 1.54. The summed E-state index contributed by atoms with van der Waals surface area (Å²) in [6.07, 6.45) is 1.38. The molecular weight excluding hydrogens is 218 g/mol. The van der Waals surface area contributed by atoms with Crippen molar-refractivity contribution in [2.45, 2.75) is 19.7 Å². The van der Waals surface area contributed by atoms with Gasteiger partial charge in [0.15, 0.2) is 6.20 Å². The molecule has 0 saturated heterocycles. The fraction of sp³-hybridized carbons (Fsp3) is 0.400. The van der Waals surface area contributed by atoms with Crippen molar-refractivity contribution >= 4 is 17.6 Å². The van der Waals surface area contributed by atoms with Gasteiger partial charge in [0.2, 0.25) is 5.69 Å². The molecular formula is C10H12ClNO3. The van der Waals surface area contributed by atoms with Crippen LogP contribution >= 0.6 is 11.6 Å². The fourth-order valence-corrected chi connectivity index (χ4v) is 1.51. The number of rotatable bonds is 3. The summed E-state index contributed by atoms with van der Waals surface area (Å²) in [6.45, 7) is 3.71. The first-order valence-electron chi connectivity index (χ1n) is 4.56. The molecule has 0 fully saturated rings. The van der Waals surface area contributed by atoms with Gasteiger partial charge in [-0.2, -0.15) is 4.73 Å². The lowest BCUT2D eigenvalue weighted by Gasteiger charge is -2.08. The Bertz CT molecular complexity index is 379. The van der Waals surface area contributed by atoms with Crippen LogP contribution in [0.15, 0.2) is 12.3 Å². The van der Waals surface area contributed by atoms with Crippen LogP contribution in [0, 0.1) is 12.1 Å². The molecule has 1 rings (SSSR count). The van der Waals surface area contributed by atoms with Crippen molar-refractivity contribution in [2.75, 3.05) is 6.61 Å². The Morgan fingerprint density at radius 3 is 2.87 bits per heavy atom. The monoisotopic (exact) mass is 229 g/mol. The standard InChI is InChI=1S/C10H12ClNO3/c1-3-15-10(13)8-4-7(2)6-12(14)9(8)5-11/h4,6H,3,5H2,1-2H3. The van der Waals surface area contributed by atoms with Gasteiger partial charge in [0, 0.05) is 5.56 Å². The lowest BCUT2D eigenvalue weighted by atomic mass is 10.1. The number of aryl methyl sites for hydroxylation is 1. The van der Waals surface area contributed by atoms with Gasteiger partial charge in [-0.1, -0.05) is 0 Å². The topological polar surface area (TPSA) is 53.2 Å². The van der Waals surface area contributed by atoms with E-state index in [4.69, 9.17) is 16.3 Å². The van der Waals surface area contributed by atoms with Crippen LogP contribution in [0.5, 0.6) is 0 Å². The quantitative estimate of drug-likeness (QED) is 0.342. The van der Waals surface area contributed by atoms with E-state index in [0.717, 1.165) is 0 Å². The van der Waals surface area contributed by atoms with Gasteiger partial charge in [0.25, 0.3) is 0 Å². The van der Waals surface area contributed by atoms with Crippen LogP contribution in [0.25, 0.3) is 0 Å². The van der Waals surface area contributed by atoms with Crippen LogP contribution in [0.4, 0.5) is 0 Å². The summed E-state index contributed by atoms with van der Waals surface area (Å²) >= 11 is 5.61. The Morgan fingerprint density at radius 1 is 1.67 bits per heavy atom. The fourth-order valence-electron chi connectivity index (χ4n) is 1.25. The van der Waals surface area contributed by atoms with Crippen LogP contribution in [-0.2, 0) is 10.6 Å². The molecule has 0 spiro atoms. The highest BCUT2D eigenvalue weighted by molar-refractivity contribution is 6.17. The van der Waals surface area contributed by atoms with Crippen LogP contribution in [0.3, 0.4) is 0 Å². The van der Waals surface area contributed by atoms with Crippen molar-refractivity contribution in [1.82, 2.24) is 0 Å². The molecule has 1 aromatic heterocycles. The zero-order chi connectivity index (χ0) is 11.4. The maximum atomic E-state index is 11.5. The lowest BCUT2D eigenvalue weighted by molar-refractivity contribution is -0.613. The number of hydrogen-bond donors (Lipinski definition) is 0. The third kappa shape index (κ3) is 2.59. The summed E-state index contributed by atoms with van der Waals surface area (Å²) in [5, 5.41) is 11.4. The van der Waals surface area contributed by atoms with E-state index in [9.17, 15) is 10.0 Å². The molecule has 1 aromatic rings. The van der Waals surface area contributed by atoms with E-state index in [2.05, 4.69) is 0 Å². The van der Waals surface area contributed by atoms with Crippen LogP contribution in [0.1, 0.15) is 28.5 Å². The molecule has 0 bridgehead atoms. The summed E-state index contributed by atoms with van der Waals surface area (Å²) in [4.78, 5) is 11.5. The van der Waals surface area contributed by atoms with Crippen molar-refractivity contribution in [3.8, 4) is 0 Å². The first-order valence-corrected chi connectivity index (χ1v) is 5.09. The second kappa shape index (κ2) is 4.98. The van der Waals surface area contributed by atoms with Gasteiger partial charge in [-0.3, -0.25) is 0 Å². The minimum atomic E-state index is -0.513. The molecule has 0 amide bonds. The normalized spacial score (nSPS) is 10.1. The third-order valence-corrected chi connectivity index (χ3v) is 2.14. The van der Waals surface area contributed by atoms with E-state index in [-0.39, 0.29) is 23.7 Å². The Balaban J connectivity index is 3.20. The van der Waals surface area contributed by atoms with Crippen molar-refractivity contribution < 1.29 is 14.3 Å². The number of halogens is 1. The number of carbonyl (C=O) groups is 1. The molecule has 0 radical (unpaired) electrons. The van der Waals surface area contributed by atoms with Crippen LogP contribution in [-0.4, -0.2) is 12.6 Å². The number of aromatic nitrogens is 1. The number of nitrogens with zero attached hydrogens (tertiary/aromatic N) is 1. The average molecular weight is 230 g/mol. The van der Waals surface area contributed by atoms with Gasteiger partial charge < -0.3 is 9.94 Å². The van der Waals surface area contributed by atoms with Gasteiger partial charge in [0.05, 0.1) is 6.61 Å². The molecule has 0 unspecified atom stereocenters. The first-order chi connectivity index (χ1) is 7.10. The highest BCUT2D eigenvalue weighted by atomic mass is 35.5. The summed E-state index contributed by atoms with van der Waals surface area (Å²) in [6, 6.07) is 1.60. The van der Waals surface area contributed by atoms with Gasteiger partial charge in [-0.05, 0) is 19.9 Å². The summed E-state index contributed by atoms with van der Waals surface area (Å²) in [5.41, 5.74) is 1.16. The van der Waals surface area contributed by atoms with E-state index in [1.165, 1.54) is 6.20 Å². The number of ether oxygens (including phenoxy) is 1. The van der Waals surface area contributed by atoms with E-state index >= 15 is 0 Å². The van der Waals surface area contributed by atoms with E-state index in [1.807, 2.05) is 0 Å². The smallest absolute Gasteiger partial charge is 0.344 e. The molecule has 15 heavy (non-hydrogen) atoms. The largest absolute Gasteiger partial charge is 0.618 e. The average Bonchev–Trinajstić information content (AvgIpc) is 2.17. The second-order valence-corrected chi connectivity index (χ2v) is 3.32.